The molecule has 4 heteroatoms. The molecule has 0 aliphatic carbocycles. The second-order valence-corrected chi connectivity index (χ2v) is 4.87. The summed E-state index contributed by atoms with van der Waals surface area (Å²) in [5.41, 5.74) is -0.0495. The van der Waals surface area contributed by atoms with E-state index in [1.165, 1.54) is 0 Å². The van der Waals surface area contributed by atoms with Gasteiger partial charge in [0.1, 0.15) is 0 Å². The lowest BCUT2D eigenvalue weighted by Crippen LogP contribution is -2.44. The molecule has 1 heterocycles. The van der Waals surface area contributed by atoms with Crippen LogP contribution in [0.1, 0.15) is 27.7 Å². The Hall–Kier alpha value is -1.06. The summed E-state index contributed by atoms with van der Waals surface area (Å²) < 4.78 is 0. The van der Waals surface area contributed by atoms with Crippen molar-refractivity contribution >= 4 is 11.8 Å². The molecule has 1 aliphatic heterocycles. The molecule has 0 spiro atoms. The van der Waals surface area contributed by atoms with E-state index in [4.69, 9.17) is 0 Å². The first-order valence-electron chi connectivity index (χ1n) is 4.92. The van der Waals surface area contributed by atoms with Gasteiger partial charge in [-0.3, -0.25) is 9.59 Å². The molecule has 0 saturated carbocycles. The van der Waals surface area contributed by atoms with Gasteiger partial charge in [0.25, 0.3) is 0 Å². The van der Waals surface area contributed by atoms with Crippen molar-refractivity contribution in [3.8, 4) is 0 Å². The van der Waals surface area contributed by atoms with Crippen LogP contribution >= 0.6 is 0 Å². The monoisotopic (exact) mass is 198 g/mol. The summed E-state index contributed by atoms with van der Waals surface area (Å²) >= 11 is 0. The fourth-order valence-electron chi connectivity index (χ4n) is 1.53. The predicted molar refractivity (Wildman–Crippen MR) is 53.6 cm³/mol. The van der Waals surface area contributed by atoms with Gasteiger partial charge in [0.2, 0.25) is 0 Å². The third-order valence-corrected chi connectivity index (χ3v) is 2.40. The highest BCUT2D eigenvalue weighted by molar-refractivity contribution is 6.35. The average Bonchev–Trinajstić information content (AvgIpc) is 2.17. The molecule has 0 unspecified atom stereocenters. The van der Waals surface area contributed by atoms with E-state index in [0.29, 0.717) is 13.1 Å². The quantitative estimate of drug-likeness (QED) is 0.619. The molecule has 1 fully saturated rings. The highest BCUT2D eigenvalue weighted by Gasteiger charge is 2.34. The Morgan fingerprint density at radius 2 is 1.93 bits per heavy atom. The Kier molecular flexibility index (Phi) is 2.83. The summed E-state index contributed by atoms with van der Waals surface area (Å²) in [7, 11) is 0. The van der Waals surface area contributed by atoms with Gasteiger partial charge in [-0.25, -0.2) is 0 Å². The zero-order chi connectivity index (χ0) is 10.9. The first-order chi connectivity index (χ1) is 6.33. The number of carbonyl (C=O) groups is 2. The van der Waals surface area contributed by atoms with E-state index in [1.807, 2.05) is 27.7 Å². The van der Waals surface area contributed by atoms with Crippen LogP contribution in [0.15, 0.2) is 0 Å². The fourth-order valence-corrected chi connectivity index (χ4v) is 1.53. The van der Waals surface area contributed by atoms with Crippen molar-refractivity contribution in [3.63, 3.8) is 0 Å². The highest BCUT2D eigenvalue weighted by atomic mass is 16.2. The Labute approximate surface area is 84.7 Å². The molecule has 1 N–H and O–H groups in total. The Balaban J connectivity index is 2.90. The van der Waals surface area contributed by atoms with Gasteiger partial charge in [-0.2, -0.15) is 0 Å². The maximum Gasteiger partial charge on any atom is 0.312 e. The van der Waals surface area contributed by atoms with Gasteiger partial charge >= 0.3 is 11.8 Å². The van der Waals surface area contributed by atoms with Crippen LogP contribution in [0.25, 0.3) is 0 Å². The second kappa shape index (κ2) is 3.59. The summed E-state index contributed by atoms with van der Waals surface area (Å²) in [6.45, 7) is 9.12. The van der Waals surface area contributed by atoms with Crippen LogP contribution in [-0.4, -0.2) is 35.8 Å². The minimum absolute atomic E-state index is 0.0495. The fraction of sp³-hybridized carbons (Fsp3) is 0.800. The van der Waals surface area contributed by atoms with E-state index in [0.717, 1.165) is 0 Å². The van der Waals surface area contributed by atoms with Crippen molar-refractivity contribution in [1.82, 2.24) is 10.2 Å². The van der Waals surface area contributed by atoms with E-state index < -0.39 is 11.8 Å². The molecule has 0 bridgehead atoms. The van der Waals surface area contributed by atoms with Crippen LogP contribution in [0.4, 0.5) is 0 Å². The van der Waals surface area contributed by atoms with Gasteiger partial charge in [0.05, 0.1) is 0 Å². The minimum Gasteiger partial charge on any atom is -0.347 e. The maximum absolute atomic E-state index is 11.6. The van der Waals surface area contributed by atoms with Gasteiger partial charge in [0, 0.05) is 19.1 Å². The van der Waals surface area contributed by atoms with Crippen LogP contribution in [0.3, 0.4) is 0 Å². The first-order valence-corrected chi connectivity index (χ1v) is 4.92. The van der Waals surface area contributed by atoms with E-state index in [9.17, 15) is 9.59 Å². The van der Waals surface area contributed by atoms with Crippen molar-refractivity contribution < 1.29 is 9.59 Å². The Morgan fingerprint density at radius 1 is 1.36 bits per heavy atom. The lowest BCUT2D eigenvalue weighted by Gasteiger charge is -2.31. The van der Waals surface area contributed by atoms with Crippen LogP contribution in [0.2, 0.25) is 0 Å². The molecule has 14 heavy (non-hydrogen) atoms. The van der Waals surface area contributed by atoms with Crippen molar-refractivity contribution in [1.29, 1.82) is 0 Å². The minimum atomic E-state index is -0.482. The van der Waals surface area contributed by atoms with Crippen molar-refractivity contribution in [2.75, 3.05) is 13.1 Å². The lowest BCUT2D eigenvalue weighted by molar-refractivity contribution is -0.146. The molecule has 0 radical (unpaired) electrons. The van der Waals surface area contributed by atoms with E-state index in [-0.39, 0.29) is 11.5 Å². The maximum atomic E-state index is 11.6. The van der Waals surface area contributed by atoms with Gasteiger partial charge < -0.3 is 10.2 Å². The van der Waals surface area contributed by atoms with Gasteiger partial charge in [-0.1, -0.05) is 13.8 Å². The number of carbonyl (C=O) groups excluding carboxylic acids is 2. The van der Waals surface area contributed by atoms with Crippen LogP contribution in [-0.2, 0) is 9.59 Å². The summed E-state index contributed by atoms with van der Waals surface area (Å²) in [5.74, 6) is -0.894. The van der Waals surface area contributed by atoms with Crippen LogP contribution in [0, 0.1) is 5.41 Å². The number of hydrogen-bond acceptors (Lipinski definition) is 2. The molecule has 0 atom stereocenters. The Morgan fingerprint density at radius 3 is 2.43 bits per heavy atom. The second-order valence-electron chi connectivity index (χ2n) is 4.87. The molecular formula is C10H18N2O2. The molecule has 4 nitrogen and oxygen atoms in total. The summed E-state index contributed by atoms with van der Waals surface area (Å²) in [4.78, 5) is 24.5. The standard InChI is InChI=1S/C10H18N2O2/c1-7(2)12-6-10(3,4)5-11-8(13)9(12)14/h7H,5-6H2,1-4H3,(H,11,13). The highest BCUT2D eigenvalue weighted by Crippen LogP contribution is 2.19. The molecular weight excluding hydrogens is 180 g/mol. The summed E-state index contributed by atoms with van der Waals surface area (Å²) in [6, 6.07) is 0.0747. The Bertz CT molecular complexity index is 259. The number of nitrogens with one attached hydrogen (secondary N) is 1. The smallest absolute Gasteiger partial charge is 0.312 e. The zero-order valence-electron chi connectivity index (χ0n) is 9.26. The molecule has 1 rings (SSSR count). The molecule has 0 aromatic rings. The third-order valence-electron chi connectivity index (χ3n) is 2.40. The van der Waals surface area contributed by atoms with Crippen molar-refractivity contribution in [2.45, 2.75) is 33.7 Å². The van der Waals surface area contributed by atoms with Crippen LogP contribution in [0.5, 0.6) is 0 Å². The molecule has 1 saturated heterocycles. The average molecular weight is 198 g/mol. The molecule has 1 aliphatic rings. The first kappa shape index (κ1) is 11.0. The SMILES string of the molecule is CC(C)N1CC(C)(C)CNC(=O)C1=O. The number of amides is 2. The predicted octanol–water partition coefficient (Wildman–Crippen LogP) is 0.379. The summed E-state index contributed by atoms with van der Waals surface area (Å²) in [5, 5.41) is 2.64. The van der Waals surface area contributed by atoms with Gasteiger partial charge in [-0.05, 0) is 19.3 Å². The third kappa shape index (κ3) is 2.25. The van der Waals surface area contributed by atoms with E-state index >= 15 is 0 Å². The number of nitrogens with zero attached hydrogens (tertiary/aromatic N) is 1. The largest absolute Gasteiger partial charge is 0.347 e. The topological polar surface area (TPSA) is 49.4 Å². The van der Waals surface area contributed by atoms with Crippen LogP contribution < -0.4 is 5.32 Å². The normalized spacial score (nSPS) is 22.2. The molecule has 0 aromatic heterocycles. The molecule has 80 valence electrons. The van der Waals surface area contributed by atoms with Gasteiger partial charge in [0.15, 0.2) is 0 Å². The zero-order valence-corrected chi connectivity index (χ0v) is 9.26. The van der Waals surface area contributed by atoms with E-state index in [1.54, 1.807) is 4.90 Å². The van der Waals surface area contributed by atoms with Crippen molar-refractivity contribution in [2.24, 2.45) is 5.41 Å². The van der Waals surface area contributed by atoms with E-state index in [2.05, 4.69) is 5.32 Å². The summed E-state index contributed by atoms with van der Waals surface area (Å²) in [6.07, 6.45) is 0. The molecule has 2 amide bonds. The molecule has 0 aromatic carbocycles. The number of rotatable bonds is 1. The number of hydrogen-bond donors (Lipinski definition) is 1. The van der Waals surface area contributed by atoms with Gasteiger partial charge in [-0.15, -0.1) is 0 Å². The lowest BCUT2D eigenvalue weighted by atomic mass is 9.93. The van der Waals surface area contributed by atoms with Crippen molar-refractivity contribution in [3.05, 3.63) is 0 Å².